The lowest BCUT2D eigenvalue weighted by atomic mass is 10.0. The fraction of sp³-hybridized carbons (Fsp3) is 0.385. The second kappa shape index (κ2) is 10.1. The van der Waals surface area contributed by atoms with Gasteiger partial charge in [0.15, 0.2) is 0 Å². The van der Waals surface area contributed by atoms with Gasteiger partial charge in [-0.05, 0) is 82.5 Å². The van der Waals surface area contributed by atoms with Gasteiger partial charge in [0.2, 0.25) is 0 Å². The molecule has 0 unspecified atom stereocenters. The monoisotopic (exact) mass is 451 g/mol. The van der Waals surface area contributed by atoms with E-state index in [1.54, 1.807) is 44.4 Å². The molecule has 1 aromatic heterocycles. The number of nitrogens with zero attached hydrogens (tertiary/aromatic N) is 3. The third kappa shape index (κ3) is 6.57. The molecule has 0 saturated heterocycles. The molecular formula is C26H30FN3O3. The first-order valence-electron chi connectivity index (χ1n) is 11.0. The molecule has 33 heavy (non-hydrogen) atoms. The Labute approximate surface area is 193 Å². The van der Waals surface area contributed by atoms with Gasteiger partial charge in [-0.25, -0.2) is 14.4 Å². The molecule has 0 saturated carbocycles. The molecule has 1 amide bonds. The summed E-state index contributed by atoms with van der Waals surface area (Å²) >= 11 is 0. The Balaban J connectivity index is 1.88. The third-order valence-corrected chi connectivity index (χ3v) is 4.97. The Bertz CT molecular complexity index is 1150. The number of hydrogen-bond acceptors (Lipinski definition) is 5. The number of aromatic nitrogens is 2. The zero-order valence-electron chi connectivity index (χ0n) is 19.8. The molecule has 0 fully saturated rings. The number of benzene rings is 2. The number of unbranched alkanes of at least 4 members (excludes halogenated alkanes) is 1. The maximum Gasteiger partial charge on any atom is 0.306 e. The minimum atomic E-state index is -0.502. The molecule has 174 valence electrons. The molecular weight excluding hydrogens is 421 g/mol. The predicted octanol–water partition coefficient (Wildman–Crippen LogP) is 5.19. The molecule has 0 aliphatic heterocycles. The fourth-order valence-electron chi connectivity index (χ4n) is 3.45. The molecule has 0 radical (unpaired) electrons. The van der Waals surface area contributed by atoms with E-state index < -0.39 is 5.60 Å². The summed E-state index contributed by atoms with van der Waals surface area (Å²) < 4.78 is 18.8. The van der Waals surface area contributed by atoms with Gasteiger partial charge in [-0.15, -0.1) is 0 Å². The highest BCUT2D eigenvalue weighted by atomic mass is 19.1. The molecule has 7 heteroatoms. The molecule has 6 nitrogen and oxygen atoms in total. The fourth-order valence-corrected chi connectivity index (χ4v) is 3.45. The number of carbonyl (C=O) groups excluding carboxylic acids is 2. The van der Waals surface area contributed by atoms with Gasteiger partial charge in [-0.1, -0.05) is 0 Å². The van der Waals surface area contributed by atoms with Crippen LogP contribution in [0.2, 0.25) is 0 Å². The second-order valence-corrected chi connectivity index (χ2v) is 9.22. The minimum absolute atomic E-state index is 0.111. The van der Waals surface area contributed by atoms with Crippen molar-refractivity contribution in [1.82, 2.24) is 14.9 Å². The van der Waals surface area contributed by atoms with E-state index in [1.807, 2.05) is 20.8 Å². The van der Waals surface area contributed by atoms with Gasteiger partial charge in [0.25, 0.3) is 5.91 Å². The average Bonchev–Trinajstić information content (AvgIpc) is 2.74. The summed E-state index contributed by atoms with van der Waals surface area (Å²) in [5, 5.41) is 0. The Morgan fingerprint density at radius 2 is 1.67 bits per heavy atom. The Kier molecular flexibility index (Phi) is 7.41. The van der Waals surface area contributed by atoms with Crippen LogP contribution in [-0.4, -0.2) is 46.4 Å². The summed E-state index contributed by atoms with van der Waals surface area (Å²) in [6.07, 6.45) is 2.27. The van der Waals surface area contributed by atoms with E-state index in [-0.39, 0.29) is 17.7 Å². The molecule has 3 rings (SSSR count). The van der Waals surface area contributed by atoms with Crippen LogP contribution in [0.5, 0.6) is 0 Å². The SMILES string of the molecule is CN(C)C(=O)c1ccc2nc(-c3ccc(F)cc3)c(CCCCC(=O)OC(C)(C)C)nc2c1. The molecule has 0 N–H and O–H groups in total. The van der Waals surface area contributed by atoms with Crippen LogP contribution in [0.1, 0.15) is 56.1 Å². The largest absolute Gasteiger partial charge is 0.460 e. The van der Waals surface area contributed by atoms with Crippen LogP contribution in [0.15, 0.2) is 42.5 Å². The molecule has 0 bridgehead atoms. The van der Waals surface area contributed by atoms with E-state index in [0.717, 1.165) is 11.3 Å². The number of amides is 1. The van der Waals surface area contributed by atoms with Crippen LogP contribution in [0.4, 0.5) is 4.39 Å². The van der Waals surface area contributed by atoms with Gasteiger partial charge >= 0.3 is 5.97 Å². The Hall–Kier alpha value is -3.35. The smallest absolute Gasteiger partial charge is 0.306 e. The number of esters is 1. The first kappa shape index (κ1) is 24.3. The zero-order valence-corrected chi connectivity index (χ0v) is 19.8. The lowest BCUT2D eigenvalue weighted by Gasteiger charge is -2.19. The van der Waals surface area contributed by atoms with E-state index in [1.165, 1.54) is 17.0 Å². The van der Waals surface area contributed by atoms with E-state index in [9.17, 15) is 14.0 Å². The minimum Gasteiger partial charge on any atom is -0.460 e. The van der Waals surface area contributed by atoms with Crippen LogP contribution >= 0.6 is 0 Å². The molecule has 3 aromatic rings. The maximum atomic E-state index is 13.5. The first-order chi connectivity index (χ1) is 15.5. The van der Waals surface area contributed by atoms with Gasteiger partial charge in [0, 0.05) is 31.6 Å². The van der Waals surface area contributed by atoms with E-state index in [4.69, 9.17) is 14.7 Å². The highest BCUT2D eigenvalue weighted by molar-refractivity contribution is 5.97. The first-order valence-corrected chi connectivity index (χ1v) is 11.0. The van der Waals surface area contributed by atoms with Crippen molar-refractivity contribution in [3.05, 3.63) is 59.5 Å². The third-order valence-electron chi connectivity index (χ3n) is 4.97. The molecule has 1 heterocycles. The van der Waals surface area contributed by atoms with Gasteiger partial charge < -0.3 is 9.64 Å². The van der Waals surface area contributed by atoms with Crippen LogP contribution in [0, 0.1) is 5.82 Å². The summed E-state index contributed by atoms with van der Waals surface area (Å²) in [6.45, 7) is 5.54. The summed E-state index contributed by atoms with van der Waals surface area (Å²) in [7, 11) is 3.40. The molecule has 2 aromatic carbocycles. The topological polar surface area (TPSA) is 72.4 Å². The number of carbonyl (C=O) groups is 2. The lowest BCUT2D eigenvalue weighted by Crippen LogP contribution is -2.23. The van der Waals surface area contributed by atoms with Crippen molar-refractivity contribution in [3.63, 3.8) is 0 Å². The number of halogens is 1. The van der Waals surface area contributed by atoms with E-state index in [0.29, 0.717) is 48.0 Å². The van der Waals surface area contributed by atoms with Crippen molar-refractivity contribution in [1.29, 1.82) is 0 Å². The zero-order chi connectivity index (χ0) is 24.2. The number of rotatable bonds is 7. The van der Waals surface area contributed by atoms with Crippen LogP contribution < -0.4 is 0 Å². The highest BCUT2D eigenvalue weighted by Gasteiger charge is 2.17. The summed E-state index contributed by atoms with van der Waals surface area (Å²) in [4.78, 5) is 35.5. The van der Waals surface area contributed by atoms with Crippen molar-refractivity contribution in [2.24, 2.45) is 0 Å². The maximum absolute atomic E-state index is 13.5. The average molecular weight is 452 g/mol. The lowest BCUT2D eigenvalue weighted by molar-refractivity contribution is -0.154. The van der Waals surface area contributed by atoms with Crippen molar-refractivity contribution < 1.29 is 18.7 Å². The second-order valence-electron chi connectivity index (χ2n) is 9.22. The quantitative estimate of drug-likeness (QED) is 0.365. The predicted molar refractivity (Wildman–Crippen MR) is 126 cm³/mol. The molecule has 0 spiro atoms. The Morgan fingerprint density at radius 3 is 2.30 bits per heavy atom. The normalized spacial score (nSPS) is 11.5. The van der Waals surface area contributed by atoms with Crippen LogP contribution in [-0.2, 0) is 16.0 Å². The van der Waals surface area contributed by atoms with Crippen molar-refractivity contribution in [3.8, 4) is 11.3 Å². The van der Waals surface area contributed by atoms with Crippen molar-refractivity contribution in [2.75, 3.05) is 14.1 Å². The number of aryl methyl sites for hydroxylation is 1. The van der Waals surface area contributed by atoms with E-state index >= 15 is 0 Å². The van der Waals surface area contributed by atoms with Gasteiger partial charge in [0.05, 0.1) is 22.4 Å². The summed E-state index contributed by atoms with van der Waals surface area (Å²) in [5.74, 6) is -0.656. The van der Waals surface area contributed by atoms with Gasteiger partial charge in [-0.2, -0.15) is 0 Å². The van der Waals surface area contributed by atoms with Crippen molar-refractivity contribution >= 4 is 22.9 Å². The summed E-state index contributed by atoms with van der Waals surface area (Å²) in [5.41, 5.74) is 3.49. The van der Waals surface area contributed by atoms with Gasteiger partial charge in [0.1, 0.15) is 11.4 Å². The number of hydrogen-bond donors (Lipinski definition) is 0. The molecule has 0 aliphatic rings. The van der Waals surface area contributed by atoms with E-state index in [2.05, 4.69) is 0 Å². The van der Waals surface area contributed by atoms with Crippen molar-refractivity contribution in [2.45, 2.75) is 52.1 Å². The summed E-state index contributed by atoms with van der Waals surface area (Å²) in [6, 6.07) is 11.4. The number of ether oxygens (including phenoxy) is 1. The highest BCUT2D eigenvalue weighted by Crippen LogP contribution is 2.26. The number of fused-ring (bicyclic) bond motifs is 1. The van der Waals surface area contributed by atoms with Crippen LogP contribution in [0.25, 0.3) is 22.3 Å². The van der Waals surface area contributed by atoms with Crippen LogP contribution in [0.3, 0.4) is 0 Å². The Morgan fingerprint density at radius 1 is 0.970 bits per heavy atom. The molecule has 0 aliphatic carbocycles. The van der Waals surface area contributed by atoms with Gasteiger partial charge in [-0.3, -0.25) is 9.59 Å². The molecule has 0 atom stereocenters. The standard InChI is InChI=1S/C26H30FN3O3/c1-26(2,3)33-23(31)9-7-6-8-21-24(17-10-13-19(27)14-11-17)29-20-15-12-18(16-22(20)28-21)25(32)30(4)5/h10-16H,6-9H2,1-5H3.